The number of amides is 2. The Hall–Kier alpha value is -2.46. The minimum atomic E-state index is -3.95. The van der Waals surface area contributed by atoms with Crippen LogP contribution in [0.3, 0.4) is 0 Å². The van der Waals surface area contributed by atoms with Gasteiger partial charge in [0.05, 0.1) is 23.9 Å². The number of carbonyl (C=O) groups is 2. The second-order valence-corrected chi connectivity index (χ2v) is 14.9. The maximum atomic E-state index is 13.4. The summed E-state index contributed by atoms with van der Waals surface area (Å²) in [5.41, 5.74) is -1.99. The fraction of sp³-hybridized carbons (Fsp3) is 0.679. The first-order chi connectivity index (χ1) is 17.8. The number of hydrogen-bond donors (Lipinski definition) is 2. The smallest absolute Gasteiger partial charge is 0.444 e. The molecule has 0 saturated heterocycles. The topological polar surface area (TPSA) is 136 Å². The summed E-state index contributed by atoms with van der Waals surface area (Å²) in [6.45, 7) is 22.3. The molecule has 1 unspecified atom stereocenters. The normalized spacial score (nSPS) is 13.8. The molecule has 1 aromatic carbocycles. The highest BCUT2D eigenvalue weighted by molar-refractivity contribution is 7.48. The summed E-state index contributed by atoms with van der Waals surface area (Å²) >= 11 is 0. The highest BCUT2D eigenvalue weighted by Gasteiger charge is 2.37. The molecule has 11 nitrogen and oxygen atoms in total. The summed E-state index contributed by atoms with van der Waals surface area (Å²) in [4.78, 5) is 26.5. The molecule has 0 spiro atoms. The molecule has 1 aromatic rings. The van der Waals surface area contributed by atoms with Crippen molar-refractivity contribution in [3.8, 4) is 0 Å². The van der Waals surface area contributed by atoms with Crippen LogP contribution in [0.5, 0.6) is 0 Å². The summed E-state index contributed by atoms with van der Waals surface area (Å²) in [5.74, 6) is -0.515. The minimum absolute atomic E-state index is 0.107. The molecule has 0 bridgehead atoms. The van der Waals surface area contributed by atoms with E-state index in [1.54, 1.807) is 114 Å². The number of carbonyl (C=O) groups excluding carboxylic acids is 2. The van der Waals surface area contributed by atoms with Crippen LogP contribution >= 0.6 is 7.82 Å². The Kier molecular flexibility index (Phi) is 11.6. The van der Waals surface area contributed by atoms with Gasteiger partial charge in [-0.3, -0.25) is 24.3 Å². The van der Waals surface area contributed by atoms with Crippen LogP contribution in [0.1, 0.15) is 107 Å². The lowest BCUT2D eigenvalue weighted by Gasteiger charge is -2.32. The van der Waals surface area contributed by atoms with Gasteiger partial charge in [0.15, 0.2) is 0 Å². The third kappa shape index (κ3) is 13.7. The Balaban J connectivity index is 3.28. The average Bonchev–Trinajstić information content (AvgIpc) is 2.66. The Morgan fingerprint density at radius 2 is 1.38 bits per heavy atom. The maximum absolute atomic E-state index is 13.4. The maximum Gasteiger partial charge on any atom is 0.476 e. The number of ether oxygens (including phenoxy) is 2. The zero-order valence-electron chi connectivity index (χ0n) is 26.3. The first-order valence-electron chi connectivity index (χ1n) is 13.1. The Labute approximate surface area is 239 Å². The monoisotopic (exact) mass is 585 g/mol. The first kappa shape index (κ1) is 35.6. The van der Waals surface area contributed by atoms with Gasteiger partial charge in [-0.25, -0.2) is 19.1 Å². The molecule has 2 N–H and O–H groups in total. The van der Waals surface area contributed by atoms with E-state index in [0.717, 1.165) is 4.90 Å². The van der Waals surface area contributed by atoms with E-state index in [4.69, 9.17) is 28.5 Å². The van der Waals surface area contributed by atoms with Crippen LogP contribution in [0.4, 0.5) is 9.59 Å². The highest BCUT2D eigenvalue weighted by atomic mass is 31.2. The predicted molar refractivity (Wildman–Crippen MR) is 154 cm³/mol. The molecule has 40 heavy (non-hydrogen) atoms. The SMILES string of the molecule is CC(c1cccc(COP(=O)(OC(C)(C)C)OC(C)(C)C)c1)N(C(=N)NC(=O)OC(C)(C)C)C(=O)OC(C)(C)C. The van der Waals surface area contributed by atoms with Crippen LogP contribution in [-0.2, 0) is 34.2 Å². The van der Waals surface area contributed by atoms with Gasteiger partial charge < -0.3 is 9.47 Å². The summed E-state index contributed by atoms with van der Waals surface area (Å²) < 4.78 is 41.3. The van der Waals surface area contributed by atoms with Gasteiger partial charge in [-0.1, -0.05) is 24.3 Å². The van der Waals surface area contributed by atoms with Gasteiger partial charge in [0, 0.05) is 0 Å². The number of hydrogen-bond acceptors (Lipinski definition) is 9. The number of nitrogens with one attached hydrogen (secondary N) is 2. The fourth-order valence-corrected chi connectivity index (χ4v) is 4.99. The zero-order chi connectivity index (χ0) is 31.3. The van der Waals surface area contributed by atoms with E-state index >= 15 is 0 Å². The van der Waals surface area contributed by atoms with Crippen LogP contribution in [0.25, 0.3) is 0 Å². The molecule has 0 aliphatic carbocycles. The molecule has 0 aromatic heterocycles. The van der Waals surface area contributed by atoms with Crippen molar-refractivity contribution < 1.29 is 37.2 Å². The van der Waals surface area contributed by atoms with E-state index in [-0.39, 0.29) is 6.61 Å². The van der Waals surface area contributed by atoms with Crippen molar-refractivity contribution in [3.63, 3.8) is 0 Å². The standard InChI is InChI=1S/C28H48N3O8P/c1-19(31(24(33)37-26(5,6)7)22(29)30-23(32)36-25(2,3)4)21-16-14-15-20(17-21)18-35-40(34,38-27(8,9)10)39-28(11,12)13/h14-17,19H,18H2,1-13H3,(H2,29,30,32). The van der Waals surface area contributed by atoms with Gasteiger partial charge in [-0.05, 0) is 101 Å². The number of rotatable bonds is 7. The second kappa shape index (κ2) is 13.0. The van der Waals surface area contributed by atoms with Crippen molar-refractivity contribution in [2.75, 3.05) is 0 Å². The van der Waals surface area contributed by atoms with Gasteiger partial charge in [-0.2, -0.15) is 0 Å². The largest absolute Gasteiger partial charge is 0.476 e. The summed E-state index contributed by atoms with van der Waals surface area (Å²) in [7, 11) is -3.95. The molecule has 2 amide bonds. The minimum Gasteiger partial charge on any atom is -0.444 e. The quantitative estimate of drug-likeness (QED) is 0.189. The molecule has 0 aliphatic heterocycles. The number of guanidine groups is 1. The molecule has 0 fully saturated rings. The van der Waals surface area contributed by atoms with Crippen molar-refractivity contribution in [2.45, 2.75) is 125 Å². The molecule has 0 saturated carbocycles. The molecule has 0 radical (unpaired) electrons. The number of phosphoric ester groups is 1. The van der Waals surface area contributed by atoms with E-state index in [1.165, 1.54) is 0 Å². The lowest BCUT2D eigenvalue weighted by Crippen LogP contribution is -2.50. The van der Waals surface area contributed by atoms with Crippen LogP contribution in [-0.4, -0.2) is 45.5 Å². The van der Waals surface area contributed by atoms with E-state index in [2.05, 4.69) is 5.32 Å². The molecule has 0 aliphatic rings. The number of nitrogens with zero attached hydrogens (tertiary/aromatic N) is 1. The molecule has 0 heterocycles. The summed E-state index contributed by atoms with van der Waals surface area (Å²) in [5, 5.41) is 10.8. The van der Waals surface area contributed by atoms with Crippen LogP contribution < -0.4 is 5.32 Å². The van der Waals surface area contributed by atoms with Crippen molar-refractivity contribution in [2.24, 2.45) is 0 Å². The molecule has 228 valence electrons. The van der Waals surface area contributed by atoms with E-state index in [1.807, 2.05) is 0 Å². The van der Waals surface area contributed by atoms with E-state index in [0.29, 0.717) is 11.1 Å². The van der Waals surface area contributed by atoms with E-state index < -0.39 is 54.4 Å². The van der Waals surface area contributed by atoms with Crippen molar-refractivity contribution in [3.05, 3.63) is 35.4 Å². The highest BCUT2D eigenvalue weighted by Crippen LogP contribution is 2.55. The first-order valence-corrected chi connectivity index (χ1v) is 14.6. The number of phosphoric acid groups is 1. The molecular weight excluding hydrogens is 537 g/mol. The molecule has 1 rings (SSSR count). The predicted octanol–water partition coefficient (Wildman–Crippen LogP) is 7.70. The van der Waals surface area contributed by atoms with Crippen molar-refractivity contribution in [1.29, 1.82) is 5.41 Å². The summed E-state index contributed by atoms with van der Waals surface area (Å²) in [6.07, 6.45) is -1.71. The Morgan fingerprint density at radius 1 is 0.875 bits per heavy atom. The third-order valence-electron chi connectivity index (χ3n) is 4.43. The number of alkyl carbamates (subject to hydrolysis) is 1. The second-order valence-electron chi connectivity index (χ2n) is 13.4. The zero-order valence-corrected chi connectivity index (χ0v) is 27.1. The molecule has 12 heteroatoms. The van der Waals surface area contributed by atoms with E-state index in [9.17, 15) is 14.2 Å². The van der Waals surface area contributed by atoms with Crippen LogP contribution in [0.15, 0.2) is 24.3 Å². The fourth-order valence-electron chi connectivity index (χ4n) is 3.20. The van der Waals surface area contributed by atoms with Gasteiger partial charge >= 0.3 is 20.0 Å². The van der Waals surface area contributed by atoms with Crippen molar-refractivity contribution >= 4 is 26.0 Å². The molecular formula is C28H48N3O8P. The third-order valence-corrected chi connectivity index (χ3v) is 6.42. The average molecular weight is 586 g/mol. The van der Waals surface area contributed by atoms with Crippen LogP contribution in [0, 0.1) is 5.41 Å². The number of benzene rings is 1. The molecule has 1 atom stereocenters. The van der Waals surface area contributed by atoms with Gasteiger partial charge in [-0.15, -0.1) is 0 Å². The van der Waals surface area contributed by atoms with Gasteiger partial charge in [0.2, 0.25) is 5.96 Å². The lowest BCUT2D eigenvalue weighted by atomic mass is 10.0. The lowest BCUT2D eigenvalue weighted by molar-refractivity contribution is 0.000762. The van der Waals surface area contributed by atoms with Gasteiger partial charge in [0.25, 0.3) is 0 Å². The van der Waals surface area contributed by atoms with Crippen LogP contribution in [0.2, 0.25) is 0 Å². The Morgan fingerprint density at radius 3 is 1.82 bits per heavy atom. The van der Waals surface area contributed by atoms with Crippen molar-refractivity contribution in [1.82, 2.24) is 10.2 Å². The Bertz CT molecular complexity index is 1070. The van der Waals surface area contributed by atoms with Gasteiger partial charge in [0.1, 0.15) is 11.2 Å². The summed E-state index contributed by atoms with van der Waals surface area (Å²) in [6, 6.07) is 6.24.